The molecule has 0 radical (unpaired) electrons. The van der Waals surface area contributed by atoms with Crippen LogP contribution in [0.2, 0.25) is 0 Å². The number of nitrogens with one attached hydrogen (secondary N) is 1. The van der Waals surface area contributed by atoms with Gasteiger partial charge in [-0.1, -0.05) is 55.9 Å². The van der Waals surface area contributed by atoms with Crippen LogP contribution in [0, 0.1) is 10.1 Å². The Hall–Kier alpha value is -2.34. The predicted octanol–water partition coefficient (Wildman–Crippen LogP) is 4.16. The minimum atomic E-state index is -0.499. The number of hydrogen-bond donors (Lipinski definition) is 1. The van der Waals surface area contributed by atoms with Gasteiger partial charge in [-0.3, -0.25) is 14.9 Å². The van der Waals surface area contributed by atoms with Crippen molar-refractivity contribution in [3.05, 3.63) is 69.8 Å². The maximum atomic E-state index is 12.1. The van der Waals surface area contributed by atoms with Crippen molar-refractivity contribution in [2.45, 2.75) is 24.1 Å². The summed E-state index contributed by atoms with van der Waals surface area (Å²) >= 11 is 1.48. The van der Waals surface area contributed by atoms with Crippen LogP contribution in [0.15, 0.2) is 53.4 Å². The van der Waals surface area contributed by atoms with E-state index in [0.717, 1.165) is 10.5 Å². The van der Waals surface area contributed by atoms with Crippen molar-refractivity contribution in [3.8, 4) is 0 Å². The van der Waals surface area contributed by atoms with E-state index in [1.165, 1.54) is 23.9 Å². The zero-order valence-corrected chi connectivity index (χ0v) is 13.1. The van der Waals surface area contributed by atoms with Crippen molar-refractivity contribution >= 4 is 23.4 Å². The molecule has 1 N–H and O–H groups in total. The first kappa shape index (κ1) is 16.0. The van der Waals surface area contributed by atoms with Gasteiger partial charge in [0.05, 0.1) is 10.5 Å². The lowest BCUT2D eigenvalue weighted by atomic mass is 10.1. The molecule has 3 rings (SSSR count). The number of non-ortho nitro benzene ring substituents is 1. The first-order valence-electron chi connectivity index (χ1n) is 6.96. The molecule has 6 heteroatoms. The third kappa shape index (κ3) is 3.28. The number of benzene rings is 2. The fourth-order valence-electron chi connectivity index (χ4n) is 2.04. The second kappa shape index (κ2) is 7.09. The van der Waals surface area contributed by atoms with Crippen LogP contribution < -0.4 is 5.32 Å². The van der Waals surface area contributed by atoms with E-state index in [0.29, 0.717) is 5.56 Å². The number of nitrogens with zero attached hydrogens (tertiary/aromatic N) is 1. The maximum absolute atomic E-state index is 12.1. The van der Waals surface area contributed by atoms with Crippen LogP contribution in [0.25, 0.3) is 0 Å². The molecule has 1 atom stereocenters. The highest BCUT2D eigenvalue weighted by Gasteiger charge is 2.27. The molecule has 1 unspecified atom stereocenters. The molecule has 1 heterocycles. The molecule has 5 nitrogen and oxygen atoms in total. The Bertz CT molecular complexity index is 689. The van der Waals surface area contributed by atoms with Crippen LogP contribution in [0.1, 0.15) is 35.1 Å². The minimum absolute atomic E-state index is 0.0716. The van der Waals surface area contributed by atoms with Gasteiger partial charge in [-0.05, 0) is 11.6 Å². The molecule has 1 aliphatic heterocycles. The number of nitro groups is 1. The van der Waals surface area contributed by atoms with E-state index in [-0.39, 0.29) is 17.0 Å². The lowest BCUT2D eigenvalue weighted by Crippen LogP contribution is -2.30. The fourth-order valence-corrected chi connectivity index (χ4v) is 3.18. The number of carbonyl (C=O) groups excluding carboxylic acids is 1. The molecule has 0 bridgehead atoms. The first-order valence-corrected chi connectivity index (χ1v) is 7.84. The Morgan fingerprint density at radius 2 is 1.82 bits per heavy atom. The van der Waals surface area contributed by atoms with Gasteiger partial charge in [0.25, 0.3) is 11.6 Å². The van der Waals surface area contributed by atoms with Gasteiger partial charge in [-0.2, -0.15) is 0 Å². The van der Waals surface area contributed by atoms with Gasteiger partial charge < -0.3 is 5.32 Å². The highest BCUT2D eigenvalue weighted by Crippen LogP contribution is 2.39. The van der Waals surface area contributed by atoms with E-state index in [1.807, 2.05) is 44.2 Å². The molecule has 22 heavy (non-hydrogen) atoms. The molecule has 0 saturated heterocycles. The molecule has 0 aromatic heterocycles. The third-order valence-corrected chi connectivity index (χ3v) is 4.26. The average molecular weight is 316 g/mol. The van der Waals surface area contributed by atoms with Gasteiger partial charge in [0.15, 0.2) is 0 Å². The van der Waals surface area contributed by atoms with E-state index >= 15 is 0 Å². The summed E-state index contributed by atoms with van der Waals surface area (Å²) in [5.41, 5.74) is 1.28. The van der Waals surface area contributed by atoms with Crippen LogP contribution in [-0.2, 0) is 0 Å². The SMILES string of the molecule is CC.O=C1NC(c2ccccc2)Sc2ccc([N+](=O)[O-])cc21. The summed E-state index contributed by atoms with van der Waals surface area (Å²) < 4.78 is 0. The van der Waals surface area contributed by atoms with E-state index in [4.69, 9.17) is 0 Å². The Labute approximate surface area is 132 Å². The number of nitro benzene ring substituents is 1. The molecular formula is C16H16N2O3S. The summed E-state index contributed by atoms with van der Waals surface area (Å²) in [6.07, 6.45) is 0. The Kier molecular flexibility index (Phi) is 5.16. The molecule has 1 aliphatic rings. The molecule has 0 aliphatic carbocycles. The average Bonchev–Trinajstić information content (AvgIpc) is 2.57. The third-order valence-electron chi connectivity index (χ3n) is 3.03. The van der Waals surface area contributed by atoms with Crippen molar-refractivity contribution in [3.63, 3.8) is 0 Å². The topological polar surface area (TPSA) is 72.2 Å². The fraction of sp³-hybridized carbons (Fsp3) is 0.188. The minimum Gasteiger partial charge on any atom is -0.336 e. The van der Waals surface area contributed by atoms with Crippen LogP contribution >= 0.6 is 11.8 Å². The molecular weight excluding hydrogens is 300 g/mol. The van der Waals surface area contributed by atoms with Crippen molar-refractivity contribution in [1.29, 1.82) is 0 Å². The highest BCUT2D eigenvalue weighted by atomic mass is 32.2. The lowest BCUT2D eigenvalue weighted by molar-refractivity contribution is -0.384. The summed E-state index contributed by atoms with van der Waals surface area (Å²) in [6.45, 7) is 4.00. The van der Waals surface area contributed by atoms with Crippen LogP contribution in [-0.4, -0.2) is 10.8 Å². The second-order valence-corrected chi connectivity index (χ2v) is 5.47. The van der Waals surface area contributed by atoms with Gasteiger partial charge in [0, 0.05) is 17.0 Å². The smallest absolute Gasteiger partial charge is 0.270 e. The van der Waals surface area contributed by atoms with Crippen LogP contribution in [0.5, 0.6) is 0 Å². The van der Waals surface area contributed by atoms with E-state index < -0.39 is 4.92 Å². The summed E-state index contributed by atoms with van der Waals surface area (Å²) in [5, 5.41) is 13.4. The maximum Gasteiger partial charge on any atom is 0.270 e. The lowest BCUT2D eigenvalue weighted by Gasteiger charge is -2.25. The number of hydrogen-bond acceptors (Lipinski definition) is 4. The van der Waals surface area contributed by atoms with E-state index in [1.54, 1.807) is 6.07 Å². The Balaban J connectivity index is 0.000000847. The highest BCUT2D eigenvalue weighted by molar-refractivity contribution is 7.99. The molecule has 1 amide bonds. The van der Waals surface area contributed by atoms with Crippen molar-refractivity contribution in [2.24, 2.45) is 0 Å². The molecule has 2 aromatic rings. The number of fused-ring (bicyclic) bond motifs is 1. The van der Waals surface area contributed by atoms with Gasteiger partial charge in [0.2, 0.25) is 0 Å². The van der Waals surface area contributed by atoms with Gasteiger partial charge in [-0.25, -0.2) is 0 Å². The number of rotatable bonds is 2. The number of amides is 1. The van der Waals surface area contributed by atoms with Gasteiger partial charge >= 0.3 is 0 Å². The molecule has 114 valence electrons. The predicted molar refractivity (Wildman–Crippen MR) is 87.0 cm³/mol. The quantitative estimate of drug-likeness (QED) is 0.667. The molecule has 2 aromatic carbocycles. The summed E-state index contributed by atoms with van der Waals surface area (Å²) in [6, 6.07) is 14.0. The summed E-state index contributed by atoms with van der Waals surface area (Å²) in [7, 11) is 0. The number of thioether (sulfide) groups is 1. The van der Waals surface area contributed by atoms with E-state index in [9.17, 15) is 14.9 Å². The van der Waals surface area contributed by atoms with Crippen LogP contribution in [0.3, 0.4) is 0 Å². The van der Waals surface area contributed by atoms with Gasteiger partial charge in [0.1, 0.15) is 5.37 Å². The first-order chi connectivity index (χ1) is 10.6. The zero-order chi connectivity index (χ0) is 16.1. The standard InChI is InChI=1S/C14H10N2O3S.C2H6/c17-13-11-8-10(16(18)19)6-7-12(11)20-14(15-13)9-4-2-1-3-5-9;1-2/h1-8,14H,(H,15,17);1-2H3. The second-order valence-electron chi connectivity index (χ2n) is 4.32. The monoisotopic (exact) mass is 316 g/mol. The largest absolute Gasteiger partial charge is 0.336 e. The molecule has 0 spiro atoms. The van der Waals surface area contributed by atoms with Crippen LogP contribution in [0.4, 0.5) is 5.69 Å². The Morgan fingerprint density at radius 1 is 1.14 bits per heavy atom. The number of carbonyl (C=O) groups is 1. The van der Waals surface area contributed by atoms with Crippen molar-refractivity contribution in [2.75, 3.05) is 0 Å². The van der Waals surface area contributed by atoms with Crippen molar-refractivity contribution < 1.29 is 9.72 Å². The normalized spacial score (nSPS) is 15.9. The molecule has 0 saturated carbocycles. The molecule has 0 fully saturated rings. The summed E-state index contributed by atoms with van der Waals surface area (Å²) in [4.78, 5) is 23.1. The van der Waals surface area contributed by atoms with E-state index in [2.05, 4.69) is 5.32 Å². The summed E-state index contributed by atoms with van der Waals surface area (Å²) in [5.74, 6) is -0.281. The van der Waals surface area contributed by atoms with Crippen molar-refractivity contribution in [1.82, 2.24) is 5.32 Å². The zero-order valence-electron chi connectivity index (χ0n) is 12.3. The van der Waals surface area contributed by atoms with Gasteiger partial charge in [-0.15, -0.1) is 0 Å². The Morgan fingerprint density at radius 3 is 2.45 bits per heavy atom.